The van der Waals surface area contributed by atoms with Crippen molar-refractivity contribution in [3.05, 3.63) is 24.3 Å². The first kappa shape index (κ1) is 46.4. The van der Waals surface area contributed by atoms with Crippen molar-refractivity contribution in [1.82, 2.24) is 0 Å². The maximum Gasteiger partial charge on any atom is 0.306 e. The Labute approximate surface area is 299 Å². The van der Waals surface area contributed by atoms with Crippen molar-refractivity contribution < 1.29 is 23.5 Å². The molecule has 0 bridgehead atoms. The van der Waals surface area contributed by atoms with Crippen LogP contribution in [0.25, 0.3) is 0 Å². The van der Waals surface area contributed by atoms with Gasteiger partial charge in [-0.15, -0.1) is 0 Å². The van der Waals surface area contributed by atoms with Crippen molar-refractivity contribution in [2.75, 3.05) is 34.3 Å². The fourth-order valence-corrected chi connectivity index (χ4v) is 6.10. The Morgan fingerprint density at radius 3 is 1.25 bits per heavy atom. The highest BCUT2D eigenvalue weighted by molar-refractivity contribution is 5.69. The van der Waals surface area contributed by atoms with E-state index in [1.165, 1.54) is 141 Å². The molecule has 0 aromatic heterocycles. The lowest BCUT2D eigenvalue weighted by Crippen LogP contribution is -2.43. The zero-order chi connectivity index (χ0) is 35.4. The molecule has 5 nitrogen and oxygen atoms in total. The van der Waals surface area contributed by atoms with Gasteiger partial charge < -0.3 is 14.0 Å². The van der Waals surface area contributed by atoms with Crippen molar-refractivity contribution in [1.29, 1.82) is 0 Å². The molecule has 282 valence electrons. The van der Waals surface area contributed by atoms with Crippen molar-refractivity contribution in [2.45, 2.75) is 206 Å². The van der Waals surface area contributed by atoms with Crippen molar-refractivity contribution in [3.63, 3.8) is 0 Å². The maximum atomic E-state index is 12.6. The minimum absolute atomic E-state index is 0.117. The van der Waals surface area contributed by atoms with E-state index in [4.69, 9.17) is 9.47 Å². The van der Waals surface area contributed by atoms with Gasteiger partial charge >= 0.3 is 11.9 Å². The quantitative estimate of drug-likeness (QED) is 0.0287. The van der Waals surface area contributed by atoms with Crippen LogP contribution >= 0.6 is 0 Å². The zero-order valence-electron chi connectivity index (χ0n) is 32.9. The highest BCUT2D eigenvalue weighted by atomic mass is 16.6. The smallest absolute Gasteiger partial charge is 0.306 e. The molecule has 1 atom stereocenters. The number of unbranched alkanes of at least 4 members (excludes halogenated alkanes) is 22. The number of quaternary nitrogens is 1. The largest absolute Gasteiger partial charge is 0.466 e. The Balaban J connectivity index is 3.86. The molecule has 1 unspecified atom stereocenters. The van der Waals surface area contributed by atoms with E-state index in [1.54, 1.807) is 0 Å². The predicted molar refractivity (Wildman–Crippen MR) is 207 cm³/mol. The van der Waals surface area contributed by atoms with E-state index in [-0.39, 0.29) is 18.0 Å². The fraction of sp³-hybridized carbons (Fsp3) is 0.860. The maximum absolute atomic E-state index is 12.6. The van der Waals surface area contributed by atoms with E-state index in [2.05, 4.69) is 59.3 Å². The van der Waals surface area contributed by atoms with Gasteiger partial charge in [-0.2, -0.15) is 0 Å². The first-order chi connectivity index (χ1) is 23.3. The van der Waals surface area contributed by atoms with Crippen molar-refractivity contribution >= 4 is 11.9 Å². The van der Waals surface area contributed by atoms with Gasteiger partial charge in [0.25, 0.3) is 0 Å². The monoisotopic (exact) mass is 677 g/mol. The summed E-state index contributed by atoms with van der Waals surface area (Å²) >= 11 is 0. The molecule has 0 N–H and O–H groups in total. The summed E-state index contributed by atoms with van der Waals surface area (Å²) in [7, 11) is 6.30. The highest BCUT2D eigenvalue weighted by Crippen LogP contribution is 2.14. The van der Waals surface area contributed by atoms with Crippen LogP contribution in [-0.4, -0.2) is 56.8 Å². The van der Waals surface area contributed by atoms with Gasteiger partial charge in [0.2, 0.25) is 0 Å². The van der Waals surface area contributed by atoms with Crippen molar-refractivity contribution in [2.24, 2.45) is 0 Å². The van der Waals surface area contributed by atoms with Crippen LogP contribution in [0.1, 0.15) is 200 Å². The second kappa shape index (κ2) is 35.2. The van der Waals surface area contributed by atoms with Gasteiger partial charge in [-0.1, -0.05) is 141 Å². The first-order valence-electron chi connectivity index (χ1n) is 20.7. The molecule has 0 spiro atoms. The highest BCUT2D eigenvalue weighted by Gasteiger charge is 2.22. The number of carbonyl (C=O) groups excluding carboxylic acids is 2. The lowest BCUT2D eigenvalue weighted by Gasteiger charge is -2.29. The lowest BCUT2D eigenvalue weighted by atomic mass is 10.1. The summed E-state index contributed by atoms with van der Waals surface area (Å²) in [5.41, 5.74) is 0. The standard InChI is InChI=1S/C43H82NO4/c1-6-8-10-12-14-16-18-20-22-24-26-28-30-32-34-36-42(45)47-39-38-41(40-44(3,4)5)48-43(46)37-35-33-31-29-27-25-23-21-19-17-15-13-11-9-7-2/h18-21,41H,6-17,22-40H2,1-5H3/q+1/b20-18-,21-19-. The van der Waals surface area contributed by atoms with Crippen molar-refractivity contribution in [3.8, 4) is 0 Å². The minimum atomic E-state index is -0.227. The molecular formula is C43H82NO4+. The van der Waals surface area contributed by atoms with Crippen LogP contribution in [0, 0.1) is 0 Å². The molecule has 0 aliphatic carbocycles. The third kappa shape index (κ3) is 37.2. The predicted octanol–water partition coefficient (Wildman–Crippen LogP) is 12.6. The molecule has 0 rings (SSSR count). The summed E-state index contributed by atoms with van der Waals surface area (Å²) in [6.07, 6.45) is 43.1. The Kier molecular flexibility index (Phi) is 34.0. The van der Waals surface area contributed by atoms with Gasteiger partial charge in [0.15, 0.2) is 6.10 Å². The van der Waals surface area contributed by atoms with E-state index in [1.807, 2.05) is 0 Å². The SMILES string of the molecule is CCCCCCC/C=C\CCCCCCCCC(=O)OCCC(C[N+](C)(C)C)OC(=O)CCCCCCCC/C=C\CCCCCCC. The molecule has 0 amide bonds. The molecule has 0 aromatic rings. The normalized spacial score (nSPS) is 12.7. The Morgan fingerprint density at radius 1 is 0.500 bits per heavy atom. The molecule has 0 aliphatic rings. The van der Waals surface area contributed by atoms with Crippen LogP contribution in [0.2, 0.25) is 0 Å². The summed E-state index contributed by atoms with van der Waals surface area (Å²) in [6, 6.07) is 0. The summed E-state index contributed by atoms with van der Waals surface area (Å²) < 4.78 is 12.1. The van der Waals surface area contributed by atoms with E-state index in [0.717, 1.165) is 25.7 Å². The molecule has 0 saturated heterocycles. The molecule has 48 heavy (non-hydrogen) atoms. The first-order valence-corrected chi connectivity index (χ1v) is 20.7. The third-order valence-corrected chi connectivity index (χ3v) is 9.04. The minimum Gasteiger partial charge on any atom is -0.466 e. The number of ether oxygens (including phenoxy) is 2. The van der Waals surface area contributed by atoms with Gasteiger partial charge in [0.1, 0.15) is 6.54 Å². The summed E-state index contributed by atoms with van der Waals surface area (Å²) in [4.78, 5) is 24.9. The van der Waals surface area contributed by atoms with Crippen LogP contribution < -0.4 is 0 Å². The Morgan fingerprint density at radius 2 is 0.854 bits per heavy atom. The molecule has 0 aliphatic heterocycles. The van der Waals surface area contributed by atoms with Crippen LogP contribution in [0.4, 0.5) is 0 Å². The van der Waals surface area contributed by atoms with Gasteiger partial charge in [0, 0.05) is 19.3 Å². The zero-order valence-corrected chi connectivity index (χ0v) is 32.9. The molecule has 0 heterocycles. The van der Waals surface area contributed by atoms with Crippen LogP contribution in [0.15, 0.2) is 24.3 Å². The second-order valence-corrected chi connectivity index (χ2v) is 15.3. The number of rotatable bonds is 36. The van der Waals surface area contributed by atoms with E-state index in [0.29, 0.717) is 36.9 Å². The van der Waals surface area contributed by atoms with Gasteiger partial charge in [-0.3, -0.25) is 9.59 Å². The molecule has 0 saturated carbocycles. The number of likely N-dealkylation sites (N-methyl/N-ethyl adjacent to an activating group) is 1. The molecule has 0 fully saturated rings. The number of nitrogens with zero attached hydrogens (tertiary/aromatic N) is 1. The topological polar surface area (TPSA) is 52.6 Å². The second-order valence-electron chi connectivity index (χ2n) is 15.3. The molecular weight excluding hydrogens is 594 g/mol. The summed E-state index contributed by atoms with van der Waals surface area (Å²) in [6.45, 7) is 5.56. The van der Waals surface area contributed by atoms with Gasteiger partial charge in [-0.25, -0.2) is 0 Å². The number of hydrogen-bond donors (Lipinski definition) is 0. The fourth-order valence-electron chi connectivity index (χ4n) is 6.10. The van der Waals surface area contributed by atoms with E-state index >= 15 is 0 Å². The number of hydrogen-bond acceptors (Lipinski definition) is 4. The van der Waals surface area contributed by atoms with Gasteiger partial charge in [-0.05, 0) is 64.2 Å². The Hall–Kier alpha value is -1.62. The Bertz CT molecular complexity index is 769. The summed E-state index contributed by atoms with van der Waals surface area (Å²) in [5.74, 6) is -0.243. The number of allylic oxidation sites excluding steroid dienone is 4. The average molecular weight is 677 g/mol. The van der Waals surface area contributed by atoms with Crippen LogP contribution in [-0.2, 0) is 19.1 Å². The van der Waals surface area contributed by atoms with Crippen LogP contribution in [0.3, 0.4) is 0 Å². The van der Waals surface area contributed by atoms with Crippen LogP contribution in [0.5, 0.6) is 0 Å². The van der Waals surface area contributed by atoms with Gasteiger partial charge in [0.05, 0.1) is 27.7 Å². The third-order valence-electron chi connectivity index (χ3n) is 9.04. The lowest BCUT2D eigenvalue weighted by molar-refractivity contribution is -0.873. The number of carbonyl (C=O) groups is 2. The summed E-state index contributed by atoms with van der Waals surface area (Å²) in [5, 5.41) is 0. The number of esters is 2. The van der Waals surface area contributed by atoms with E-state index < -0.39 is 0 Å². The average Bonchev–Trinajstić information content (AvgIpc) is 3.04. The molecule has 0 radical (unpaired) electrons. The molecule has 5 heteroatoms. The van der Waals surface area contributed by atoms with E-state index in [9.17, 15) is 9.59 Å². The molecule has 0 aromatic carbocycles.